The van der Waals surface area contributed by atoms with Gasteiger partial charge in [0.15, 0.2) is 0 Å². The molecular weight excluding hydrogens is 797 g/mol. The average Bonchev–Trinajstić information content (AvgIpc) is 4.04. The maximum absolute atomic E-state index is 14.2. The molecule has 296 valence electrons. The molecule has 10 rings (SSSR count). The highest BCUT2D eigenvalue weighted by molar-refractivity contribution is 7.15. The number of thiazole rings is 2. The number of hydrogen-bond acceptors (Lipinski definition) is 8. The van der Waals surface area contributed by atoms with Crippen LogP contribution in [0.3, 0.4) is 0 Å². The van der Waals surface area contributed by atoms with Gasteiger partial charge in [0.1, 0.15) is 44.9 Å². The molecule has 2 aromatic carbocycles. The number of carbonyl (C=O) groups is 1. The summed E-state index contributed by atoms with van der Waals surface area (Å²) in [6.45, 7) is 5.84. The van der Waals surface area contributed by atoms with Crippen molar-refractivity contribution in [3.8, 4) is 43.9 Å². The highest BCUT2D eigenvalue weighted by Crippen LogP contribution is 2.37. The van der Waals surface area contributed by atoms with Crippen molar-refractivity contribution < 1.29 is 22.4 Å². The number of nitrogens with zero attached hydrogens (tertiary/aromatic N) is 6. The summed E-state index contributed by atoms with van der Waals surface area (Å²) >= 11 is 3.10. The van der Waals surface area contributed by atoms with Gasteiger partial charge in [0, 0.05) is 66.0 Å². The molecule has 0 bridgehead atoms. The van der Waals surface area contributed by atoms with E-state index >= 15 is 0 Å². The summed E-state index contributed by atoms with van der Waals surface area (Å²) in [6.07, 6.45) is 4.77. The van der Waals surface area contributed by atoms with Crippen LogP contribution in [0, 0.1) is 37.1 Å². The lowest BCUT2D eigenvalue weighted by Gasteiger charge is -2.27. The van der Waals surface area contributed by atoms with E-state index in [9.17, 15) is 22.4 Å². The van der Waals surface area contributed by atoms with Crippen LogP contribution in [0.2, 0.25) is 0 Å². The lowest BCUT2D eigenvalue weighted by molar-refractivity contribution is 0.0980. The van der Waals surface area contributed by atoms with Crippen LogP contribution in [-0.2, 0) is 19.4 Å². The predicted octanol–water partition coefficient (Wildman–Crippen LogP) is 10.3. The van der Waals surface area contributed by atoms with Crippen LogP contribution in [0.4, 0.5) is 29.2 Å². The predicted molar refractivity (Wildman–Crippen MR) is 223 cm³/mol. The average molecular weight is 831 g/mol. The molecule has 0 spiro atoms. The monoisotopic (exact) mass is 830 g/mol. The van der Waals surface area contributed by atoms with Gasteiger partial charge in [0.2, 0.25) is 0 Å². The van der Waals surface area contributed by atoms with Gasteiger partial charge in [0.05, 0.1) is 39.5 Å². The Morgan fingerprint density at radius 1 is 0.627 bits per heavy atom. The number of rotatable bonds is 6. The second-order valence-corrected chi connectivity index (χ2v) is 16.5. The minimum absolute atomic E-state index is 0.00396. The smallest absolute Gasteiger partial charge is 0.261 e. The van der Waals surface area contributed by atoms with Gasteiger partial charge < -0.3 is 14.9 Å². The van der Waals surface area contributed by atoms with Crippen LogP contribution in [0.5, 0.6) is 0 Å². The molecule has 0 atom stereocenters. The minimum atomic E-state index is -0.673. The molecule has 2 N–H and O–H groups in total. The molecule has 0 saturated carbocycles. The van der Waals surface area contributed by atoms with Gasteiger partial charge in [-0.3, -0.25) is 19.7 Å². The molecule has 8 aromatic rings. The van der Waals surface area contributed by atoms with Crippen LogP contribution in [0.1, 0.15) is 37.1 Å². The fraction of sp³-hybridized carbons (Fsp3) is 0.159. The van der Waals surface area contributed by atoms with Crippen molar-refractivity contribution in [1.29, 1.82) is 0 Å². The number of halogens is 4. The fourth-order valence-corrected chi connectivity index (χ4v) is 9.28. The first-order valence-corrected chi connectivity index (χ1v) is 20.4. The number of benzene rings is 2. The molecule has 2 aliphatic heterocycles. The zero-order valence-corrected chi connectivity index (χ0v) is 33.3. The molecule has 0 aliphatic carbocycles. The zero-order valence-electron chi connectivity index (χ0n) is 31.7. The third kappa shape index (κ3) is 7.31. The highest BCUT2D eigenvalue weighted by atomic mass is 32.1. The SMILES string of the molecule is Cc1sc(-c2ccccn2)nc1N1CCc2[nH]c(-c3c(F)cccc3F)cc2C1.Cc1sc(-c2ccccn2)nc1N1CCc2[nH]c(-c3c(F)cccc3F)cc2C1=O. The van der Waals surface area contributed by atoms with Crippen molar-refractivity contribution in [3.63, 3.8) is 0 Å². The van der Waals surface area contributed by atoms with Gasteiger partial charge in [-0.15, -0.1) is 22.7 Å². The number of aryl methyl sites for hydroxylation is 2. The van der Waals surface area contributed by atoms with Crippen molar-refractivity contribution in [3.05, 3.63) is 153 Å². The Hall–Kier alpha value is -6.45. The molecule has 0 saturated heterocycles. The van der Waals surface area contributed by atoms with Gasteiger partial charge in [-0.1, -0.05) is 24.3 Å². The summed E-state index contributed by atoms with van der Waals surface area (Å²) in [5.74, 6) is -1.16. The maximum Gasteiger partial charge on any atom is 0.261 e. The van der Waals surface area contributed by atoms with Crippen molar-refractivity contribution >= 4 is 40.2 Å². The third-order valence-electron chi connectivity index (χ3n) is 10.3. The molecule has 59 heavy (non-hydrogen) atoms. The Labute approximate surface area is 344 Å². The summed E-state index contributed by atoms with van der Waals surface area (Å²) in [5, 5.41) is 1.64. The quantitative estimate of drug-likeness (QED) is 0.162. The second kappa shape index (κ2) is 15.7. The highest BCUT2D eigenvalue weighted by Gasteiger charge is 2.32. The van der Waals surface area contributed by atoms with Crippen molar-refractivity contribution in [2.75, 3.05) is 22.9 Å². The first-order chi connectivity index (χ1) is 28.6. The van der Waals surface area contributed by atoms with Crippen molar-refractivity contribution in [2.24, 2.45) is 0 Å². The van der Waals surface area contributed by atoms with Crippen LogP contribution in [-0.4, -0.2) is 48.9 Å². The lowest BCUT2D eigenvalue weighted by Crippen LogP contribution is -2.37. The summed E-state index contributed by atoms with van der Waals surface area (Å²) in [5.41, 5.74) is 5.34. The number of hydrogen-bond donors (Lipinski definition) is 2. The zero-order chi connectivity index (χ0) is 40.8. The van der Waals surface area contributed by atoms with Crippen LogP contribution < -0.4 is 9.80 Å². The van der Waals surface area contributed by atoms with E-state index in [1.165, 1.54) is 53.8 Å². The van der Waals surface area contributed by atoms with Crippen LogP contribution in [0.25, 0.3) is 43.9 Å². The summed E-state index contributed by atoms with van der Waals surface area (Å²) in [6, 6.07) is 22.4. The number of H-pyrrole nitrogens is 2. The minimum Gasteiger partial charge on any atom is -0.358 e. The molecule has 9 nitrogen and oxygen atoms in total. The topological polar surface area (TPSA) is 107 Å². The molecule has 6 aromatic heterocycles. The molecule has 0 fully saturated rings. The van der Waals surface area contributed by atoms with E-state index in [0.717, 1.165) is 61.2 Å². The van der Waals surface area contributed by atoms with E-state index in [2.05, 4.69) is 36.7 Å². The van der Waals surface area contributed by atoms with E-state index in [-0.39, 0.29) is 22.7 Å². The number of pyridine rings is 2. The van der Waals surface area contributed by atoms with E-state index in [1.807, 2.05) is 49.4 Å². The second-order valence-electron chi connectivity index (χ2n) is 14.1. The van der Waals surface area contributed by atoms with Crippen LogP contribution >= 0.6 is 22.7 Å². The number of carbonyl (C=O) groups excluding carboxylic acids is 1. The first-order valence-electron chi connectivity index (χ1n) is 18.8. The largest absolute Gasteiger partial charge is 0.358 e. The van der Waals surface area contributed by atoms with E-state index < -0.39 is 23.3 Å². The Morgan fingerprint density at radius 3 is 1.73 bits per heavy atom. The number of anilines is 2. The summed E-state index contributed by atoms with van der Waals surface area (Å²) < 4.78 is 56.7. The molecule has 15 heteroatoms. The number of amides is 1. The standard InChI is InChI=1S/C22H16F2N4OS.C22H18F2N4S/c1-12-20(27-21(30-12)17-7-2-3-9-25-17)28-10-8-16-13(22(28)29)11-18(26-16)19-14(23)5-4-6-15(19)24;1-13-21(27-22(29-13)18-7-2-3-9-25-18)28-10-8-17-14(12-28)11-19(26-17)20-15(23)5-4-6-16(20)24/h2-7,9,11,26H,8,10H2,1H3;2-7,9,11,26H,8,10,12H2,1H3. The van der Waals surface area contributed by atoms with Crippen molar-refractivity contribution in [1.82, 2.24) is 29.9 Å². The number of nitrogens with one attached hydrogen (secondary N) is 2. The number of fused-ring (bicyclic) bond motifs is 2. The van der Waals surface area contributed by atoms with Gasteiger partial charge >= 0.3 is 0 Å². The van der Waals surface area contributed by atoms with Gasteiger partial charge in [-0.05, 0) is 80.1 Å². The van der Waals surface area contributed by atoms with Crippen molar-refractivity contribution in [2.45, 2.75) is 33.2 Å². The third-order valence-corrected chi connectivity index (χ3v) is 12.2. The first kappa shape index (κ1) is 38.1. The van der Waals surface area contributed by atoms with E-state index in [0.29, 0.717) is 42.3 Å². The summed E-state index contributed by atoms with van der Waals surface area (Å²) in [7, 11) is 0. The Kier molecular flexibility index (Phi) is 10.1. The Balaban J connectivity index is 0.000000152. The Bertz CT molecular complexity index is 2790. The molecule has 0 radical (unpaired) electrons. The number of aromatic nitrogens is 6. The van der Waals surface area contributed by atoms with E-state index in [4.69, 9.17) is 4.98 Å². The Morgan fingerprint density at radius 2 is 1.15 bits per heavy atom. The van der Waals surface area contributed by atoms with Crippen LogP contribution in [0.15, 0.2) is 97.3 Å². The molecule has 0 unspecified atom stereocenters. The fourth-order valence-electron chi connectivity index (χ4n) is 7.47. The van der Waals surface area contributed by atoms with Gasteiger partial charge in [0.25, 0.3) is 5.91 Å². The maximum atomic E-state index is 14.2. The molecule has 1 amide bonds. The number of aromatic amines is 2. The molecule has 2 aliphatic rings. The normalized spacial score (nSPS) is 13.6. The van der Waals surface area contributed by atoms with E-state index in [1.54, 1.807) is 28.6 Å². The summed E-state index contributed by atoms with van der Waals surface area (Å²) in [4.78, 5) is 43.5. The molecule has 8 heterocycles. The lowest BCUT2D eigenvalue weighted by atomic mass is 10.1. The molecular formula is C44H34F4N8OS2. The van der Waals surface area contributed by atoms with Gasteiger partial charge in [-0.25, -0.2) is 27.5 Å². The van der Waals surface area contributed by atoms with Gasteiger partial charge in [-0.2, -0.15) is 0 Å².